The molecular formula is C17H13ClN2O2S. The van der Waals surface area contributed by atoms with E-state index in [1.807, 2.05) is 36.4 Å². The first-order chi connectivity index (χ1) is 11.2. The number of carbonyl (C=O) groups is 1. The van der Waals surface area contributed by atoms with Crippen molar-refractivity contribution in [3.05, 3.63) is 57.7 Å². The fraction of sp³-hybridized carbons (Fsp3) is 0.176. The van der Waals surface area contributed by atoms with E-state index < -0.39 is 0 Å². The molecule has 1 saturated heterocycles. The van der Waals surface area contributed by atoms with Gasteiger partial charge in [0.25, 0.3) is 5.91 Å². The van der Waals surface area contributed by atoms with E-state index in [9.17, 15) is 4.79 Å². The van der Waals surface area contributed by atoms with E-state index in [0.29, 0.717) is 28.2 Å². The molecule has 1 fully saturated rings. The van der Waals surface area contributed by atoms with Crippen molar-refractivity contribution in [1.82, 2.24) is 9.88 Å². The number of thiophene rings is 1. The molecule has 23 heavy (non-hydrogen) atoms. The second kappa shape index (κ2) is 5.83. The minimum atomic E-state index is -0.0111. The minimum absolute atomic E-state index is 0.00761. The van der Waals surface area contributed by atoms with Crippen molar-refractivity contribution in [1.29, 1.82) is 0 Å². The lowest BCUT2D eigenvalue weighted by Crippen LogP contribution is -2.56. The van der Waals surface area contributed by atoms with Crippen molar-refractivity contribution in [3.63, 3.8) is 0 Å². The predicted molar refractivity (Wildman–Crippen MR) is 91.4 cm³/mol. The highest BCUT2D eigenvalue weighted by Crippen LogP contribution is 2.26. The van der Waals surface area contributed by atoms with E-state index in [2.05, 4.69) is 4.98 Å². The number of nitrogens with zero attached hydrogens (tertiary/aromatic N) is 2. The molecule has 0 atom stereocenters. The zero-order chi connectivity index (χ0) is 15.8. The average molecular weight is 345 g/mol. The number of aromatic nitrogens is 1. The van der Waals surface area contributed by atoms with E-state index in [0.717, 1.165) is 10.9 Å². The molecule has 1 aliphatic rings. The van der Waals surface area contributed by atoms with Gasteiger partial charge in [0.15, 0.2) is 0 Å². The molecule has 0 radical (unpaired) electrons. The van der Waals surface area contributed by atoms with Crippen LogP contribution in [0.1, 0.15) is 9.67 Å². The van der Waals surface area contributed by atoms with Crippen molar-refractivity contribution in [2.45, 2.75) is 6.10 Å². The van der Waals surface area contributed by atoms with Gasteiger partial charge in [-0.05, 0) is 24.3 Å². The summed E-state index contributed by atoms with van der Waals surface area (Å²) < 4.78 is 6.48. The van der Waals surface area contributed by atoms with Gasteiger partial charge in [0, 0.05) is 11.5 Å². The fourth-order valence-electron chi connectivity index (χ4n) is 2.55. The standard InChI is InChI=1S/C17H13ClN2O2S/c18-15-7-6-14(23-15)17(21)20-9-12(10-20)22-16-8-5-11-3-1-2-4-13(11)19-16/h1-8,12H,9-10H2. The number of hydrogen-bond donors (Lipinski definition) is 0. The summed E-state index contributed by atoms with van der Waals surface area (Å²) in [5, 5.41) is 1.08. The Morgan fingerprint density at radius 1 is 1.17 bits per heavy atom. The van der Waals surface area contributed by atoms with Crippen LogP contribution in [0.2, 0.25) is 4.34 Å². The second-order valence-corrected chi connectivity index (χ2v) is 7.11. The van der Waals surface area contributed by atoms with E-state index in [4.69, 9.17) is 16.3 Å². The summed E-state index contributed by atoms with van der Waals surface area (Å²) in [6, 6.07) is 15.3. The average Bonchev–Trinajstić information content (AvgIpc) is 2.96. The number of carbonyl (C=O) groups excluding carboxylic acids is 1. The van der Waals surface area contributed by atoms with Crippen molar-refractivity contribution in [2.75, 3.05) is 13.1 Å². The molecule has 0 spiro atoms. The Morgan fingerprint density at radius 3 is 2.78 bits per heavy atom. The summed E-state index contributed by atoms with van der Waals surface area (Å²) in [6.45, 7) is 1.14. The number of ether oxygens (including phenoxy) is 1. The molecule has 0 unspecified atom stereocenters. The normalized spacial score (nSPS) is 14.7. The largest absolute Gasteiger partial charge is 0.471 e. The molecule has 1 amide bonds. The summed E-state index contributed by atoms with van der Waals surface area (Å²) >= 11 is 7.17. The van der Waals surface area contributed by atoms with Crippen LogP contribution in [0.15, 0.2) is 48.5 Å². The summed E-state index contributed by atoms with van der Waals surface area (Å²) in [7, 11) is 0. The highest BCUT2D eigenvalue weighted by Gasteiger charge is 2.33. The van der Waals surface area contributed by atoms with Crippen LogP contribution in [0.4, 0.5) is 0 Å². The van der Waals surface area contributed by atoms with Crippen LogP contribution in [-0.2, 0) is 0 Å². The van der Waals surface area contributed by atoms with E-state index in [1.165, 1.54) is 11.3 Å². The molecule has 1 aliphatic heterocycles. The lowest BCUT2D eigenvalue weighted by Gasteiger charge is -2.38. The van der Waals surface area contributed by atoms with Gasteiger partial charge in [-0.2, -0.15) is 0 Å². The molecule has 3 aromatic rings. The number of likely N-dealkylation sites (tertiary alicyclic amines) is 1. The molecule has 4 rings (SSSR count). The predicted octanol–water partition coefficient (Wildman–Crippen LogP) is 3.85. The Bertz CT molecular complexity index is 874. The van der Waals surface area contributed by atoms with Crippen LogP contribution in [-0.4, -0.2) is 35.0 Å². The second-order valence-electron chi connectivity index (χ2n) is 5.40. The highest BCUT2D eigenvalue weighted by atomic mass is 35.5. The number of fused-ring (bicyclic) bond motifs is 1. The number of pyridine rings is 1. The zero-order valence-electron chi connectivity index (χ0n) is 12.1. The Kier molecular flexibility index (Phi) is 3.67. The Labute approximate surface area is 142 Å². The first-order valence-electron chi connectivity index (χ1n) is 7.26. The van der Waals surface area contributed by atoms with Crippen LogP contribution >= 0.6 is 22.9 Å². The topological polar surface area (TPSA) is 42.4 Å². The molecule has 0 bridgehead atoms. The maximum Gasteiger partial charge on any atom is 0.264 e. The smallest absolute Gasteiger partial charge is 0.264 e. The summed E-state index contributed by atoms with van der Waals surface area (Å²) in [4.78, 5) is 19.1. The Morgan fingerprint density at radius 2 is 2.00 bits per heavy atom. The molecule has 0 N–H and O–H groups in total. The van der Waals surface area contributed by atoms with Gasteiger partial charge in [-0.1, -0.05) is 29.8 Å². The van der Waals surface area contributed by atoms with Gasteiger partial charge in [-0.25, -0.2) is 4.98 Å². The van der Waals surface area contributed by atoms with Crippen LogP contribution in [0, 0.1) is 0 Å². The number of hydrogen-bond acceptors (Lipinski definition) is 4. The molecule has 3 heterocycles. The number of para-hydroxylation sites is 1. The monoisotopic (exact) mass is 344 g/mol. The van der Waals surface area contributed by atoms with Crippen LogP contribution < -0.4 is 4.74 Å². The van der Waals surface area contributed by atoms with Crippen LogP contribution in [0.3, 0.4) is 0 Å². The van der Waals surface area contributed by atoms with Gasteiger partial charge in [-0.15, -0.1) is 11.3 Å². The summed E-state index contributed by atoms with van der Waals surface area (Å²) in [5.41, 5.74) is 0.908. The lowest BCUT2D eigenvalue weighted by atomic mass is 10.1. The first kappa shape index (κ1) is 14.5. The Balaban J connectivity index is 1.39. The molecule has 6 heteroatoms. The number of halogens is 1. The summed E-state index contributed by atoms with van der Waals surface area (Å²) in [5.74, 6) is 0.605. The van der Waals surface area contributed by atoms with E-state index >= 15 is 0 Å². The molecule has 2 aromatic heterocycles. The van der Waals surface area contributed by atoms with Crippen molar-refractivity contribution in [3.8, 4) is 5.88 Å². The van der Waals surface area contributed by atoms with Gasteiger partial charge in [-0.3, -0.25) is 4.79 Å². The SMILES string of the molecule is O=C(c1ccc(Cl)s1)N1CC(Oc2ccc3ccccc3n2)C1. The lowest BCUT2D eigenvalue weighted by molar-refractivity contribution is 0.0165. The molecular weight excluding hydrogens is 332 g/mol. The molecule has 4 nitrogen and oxygen atoms in total. The van der Waals surface area contributed by atoms with Gasteiger partial charge < -0.3 is 9.64 Å². The quantitative estimate of drug-likeness (QED) is 0.724. The van der Waals surface area contributed by atoms with Gasteiger partial charge in [0.1, 0.15) is 6.10 Å². The number of amides is 1. The van der Waals surface area contributed by atoms with Crippen molar-refractivity contribution >= 4 is 39.7 Å². The maximum atomic E-state index is 12.2. The minimum Gasteiger partial charge on any atom is -0.471 e. The molecule has 116 valence electrons. The maximum absolute atomic E-state index is 12.2. The van der Waals surface area contributed by atoms with Crippen LogP contribution in [0.25, 0.3) is 10.9 Å². The number of rotatable bonds is 3. The van der Waals surface area contributed by atoms with Crippen LogP contribution in [0.5, 0.6) is 5.88 Å². The van der Waals surface area contributed by atoms with E-state index in [1.54, 1.807) is 17.0 Å². The van der Waals surface area contributed by atoms with Crippen molar-refractivity contribution in [2.24, 2.45) is 0 Å². The highest BCUT2D eigenvalue weighted by molar-refractivity contribution is 7.17. The third-order valence-corrected chi connectivity index (χ3v) is 5.00. The summed E-state index contributed by atoms with van der Waals surface area (Å²) in [6.07, 6.45) is -0.0111. The third-order valence-electron chi connectivity index (χ3n) is 3.78. The fourth-order valence-corrected chi connectivity index (χ4v) is 3.56. The van der Waals surface area contributed by atoms with E-state index in [-0.39, 0.29) is 12.0 Å². The van der Waals surface area contributed by atoms with Crippen molar-refractivity contribution < 1.29 is 9.53 Å². The van der Waals surface area contributed by atoms with Gasteiger partial charge in [0.05, 0.1) is 27.8 Å². The zero-order valence-corrected chi connectivity index (χ0v) is 13.7. The molecule has 0 aliphatic carbocycles. The molecule has 1 aromatic carbocycles. The number of benzene rings is 1. The van der Waals surface area contributed by atoms with Gasteiger partial charge >= 0.3 is 0 Å². The van der Waals surface area contributed by atoms with Gasteiger partial charge in [0.2, 0.25) is 5.88 Å². The Hall–Kier alpha value is -2.11. The third kappa shape index (κ3) is 2.90. The first-order valence-corrected chi connectivity index (χ1v) is 8.45. The molecule has 0 saturated carbocycles.